The molecule has 1 fully saturated rings. The number of carbonyl (C=O) groups excluding carboxylic acids is 1. The van der Waals surface area contributed by atoms with Gasteiger partial charge in [-0.1, -0.05) is 53.2 Å². The summed E-state index contributed by atoms with van der Waals surface area (Å²) in [4.78, 5) is 19.2. The largest absolute Gasteiger partial charge is 0.399 e. The van der Waals surface area contributed by atoms with Gasteiger partial charge in [-0.3, -0.25) is 9.69 Å². The summed E-state index contributed by atoms with van der Waals surface area (Å²) >= 11 is 15.2. The van der Waals surface area contributed by atoms with Crippen LogP contribution in [0.3, 0.4) is 0 Å². The number of nitrogens with one attached hydrogen (secondary N) is 1. The number of nitrogens with zero attached hydrogens (tertiary/aromatic N) is 2. The summed E-state index contributed by atoms with van der Waals surface area (Å²) in [6.45, 7) is 3.35. The third kappa shape index (κ3) is 7.09. The van der Waals surface area contributed by atoms with E-state index in [0.29, 0.717) is 34.6 Å². The number of thiazole rings is 1. The van der Waals surface area contributed by atoms with Crippen molar-refractivity contribution >= 4 is 57.9 Å². The molecule has 1 aliphatic rings. The number of rotatable bonds is 8. The molecule has 3 aromatic rings. The summed E-state index contributed by atoms with van der Waals surface area (Å²) < 4.78 is 6.68. The number of halogens is 2. The van der Waals surface area contributed by atoms with E-state index in [4.69, 9.17) is 33.7 Å². The first-order valence-electron chi connectivity index (χ1n) is 10.4. The molecule has 2 heterocycles. The predicted octanol–water partition coefficient (Wildman–Crippen LogP) is 4.81. The molecule has 0 bridgehead atoms. The first kappa shape index (κ1) is 24.3. The number of amides is 1. The number of benzene rings is 2. The molecule has 0 aliphatic carbocycles. The topological polar surface area (TPSA) is 80.5 Å². The molecule has 2 aromatic carbocycles. The number of hydrogen-bond acceptors (Lipinski definition) is 7. The summed E-state index contributed by atoms with van der Waals surface area (Å²) in [7, 11) is 0. The fourth-order valence-corrected chi connectivity index (χ4v) is 5.63. The van der Waals surface area contributed by atoms with Crippen LogP contribution in [0.25, 0.3) is 11.3 Å². The number of thioether (sulfide) groups is 1. The molecule has 0 unspecified atom stereocenters. The molecule has 0 saturated carbocycles. The minimum Gasteiger partial charge on any atom is -0.399 e. The molecule has 1 saturated heterocycles. The second kappa shape index (κ2) is 11.6. The lowest BCUT2D eigenvalue weighted by atomic mass is 10.1. The highest BCUT2D eigenvalue weighted by Crippen LogP contribution is 2.29. The lowest BCUT2D eigenvalue weighted by Gasteiger charge is -2.33. The van der Waals surface area contributed by atoms with Crippen LogP contribution in [-0.2, 0) is 16.1 Å². The van der Waals surface area contributed by atoms with Crippen LogP contribution in [0.15, 0.2) is 52.2 Å². The average molecular weight is 524 g/mol. The Morgan fingerprint density at radius 1 is 1.30 bits per heavy atom. The smallest absolute Gasteiger partial charge is 0.230 e. The van der Waals surface area contributed by atoms with Crippen molar-refractivity contribution in [1.29, 1.82) is 0 Å². The number of anilines is 1. The van der Waals surface area contributed by atoms with Crippen molar-refractivity contribution in [2.24, 2.45) is 0 Å². The standard InChI is InChI=1S/C23H24Cl2N4O2S2/c24-17-5-4-16(20(25)9-17)11-29-6-7-31-19(12-29)10-27-22(30)14-33-23-28-21(13-32-23)15-2-1-3-18(26)8-15/h1-5,8-9,13,19H,6-7,10-12,14,26H2,(H,27,30)/t19-/m0/s1. The molecule has 1 aromatic heterocycles. The van der Waals surface area contributed by atoms with E-state index in [1.807, 2.05) is 41.8 Å². The molecular weight excluding hydrogens is 499 g/mol. The molecule has 6 nitrogen and oxygen atoms in total. The first-order valence-corrected chi connectivity index (χ1v) is 13.1. The number of ether oxygens (including phenoxy) is 1. The van der Waals surface area contributed by atoms with E-state index in [1.165, 1.54) is 23.1 Å². The zero-order valence-corrected chi connectivity index (χ0v) is 20.9. The fourth-order valence-electron chi connectivity index (χ4n) is 3.50. The summed E-state index contributed by atoms with van der Waals surface area (Å²) in [6, 6.07) is 13.2. The minimum absolute atomic E-state index is 0.0397. The van der Waals surface area contributed by atoms with Crippen LogP contribution in [0, 0.1) is 0 Å². The van der Waals surface area contributed by atoms with Gasteiger partial charge in [-0.25, -0.2) is 4.98 Å². The zero-order valence-electron chi connectivity index (χ0n) is 17.8. The third-order valence-electron chi connectivity index (χ3n) is 5.15. The van der Waals surface area contributed by atoms with E-state index in [1.54, 1.807) is 6.07 Å². The Morgan fingerprint density at radius 2 is 2.18 bits per heavy atom. The van der Waals surface area contributed by atoms with Crippen LogP contribution in [0.4, 0.5) is 5.69 Å². The van der Waals surface area contributed by atoms with Gasteiger partial charge in [-0.15, -0.1) is 11.3 Å². The van der Waals surface area contributed by atoms with Gasteiger partial charge in [0.2, 0.25) is 5.91 Å². The van der Waals surface area contributed by atoms with Gasteiger partial charge < -0.3 is 15.8 Å². The number of nitrogen functional groups attached to an aromatic ring is 1. The van der Waals surface area contributed by atoms with E-state index in [2.05, 4.69) is 15.2 Å². The lowest BCUT2D eigenvalue weighted by Crippen LogP contribution is -2.47. The predicted molar refractivity (Wildman–Crippen MR) is 137 cm³/mol. The third-order valence-corrected chi connectivity index (χ3v) is 7.76. The molecule has 1 aliphatic heterocycles. The molecule has 3 N–H and O–H groups in total. The van der Waals surface area contributed by atoms with Crippen LogP contribution in [-0.4, -0.2) is 53.9 Å². The molecule has 0 spiro atoms. The molecule has 33 heavy (non-hydrogen) atoms. The molecular formula is C23H24Cl2N4O2S2. The van der Waals surface area contributed by atoms with Gasteiger partial charge in [0.1, 0.15) is 0 Å². The Hall–Kier alpha value is -1.81. The Kier molecular flexibility index (Phi) is 8.51. The maximum absolute atomic E-state index is 12.4. The van der Waals surface area contributed by atoms with Crippen molar-refractivity contribution in [3.63, 3.8) is 0 Å². The summed E-state index contributed by atoms with van der Waals surface area (Å²) in [5.74, 6) is 0.267. The highest BCUT2D eigenvalue weighted by Gasteiger charge is 2.22. The highest BCUT2D eigenvalue weighted by atomic mass is 35.5. The fraction of sp³-hybridized carbons (Fsp3) is 0.304. The SMILES string of the molecule is Nc1cccc(-c2csc(SCC(=O)NC[C@H]3CN(Cc4ccc(Cl)cc4Cl)CCO3)n2)c1. The van der Waals surface area contributed by atoms with E-state index >= 15 is 0 Å². The number of hydrogen-bond donors (Lipinski definition) is 2. The highest BCUT2D eigenvalue weighted by molar-refractivity contribution is 8.01. The van der Waals surface area contributed by atoms with Gasteiger partial charge in [0.25, 0.3) is 0 Å². The maximum Gasteiger partial charge on any atom is 0.230 e. The number of morpholine rings is 1. The average Bonchev–Trinajstić information content (AvgIpc) is 3.28. The molecule has 1 atom stereocenters. The molecule has 174 valence electrons. The Labute approximate surface area is 211 Å². The van der Waals surface area contributed by atoms with Gasteiger partial charge in [-0.05, 0) is 29.8 Å². The van der Waals surface area contributed by atoms with Crippen molar-refractivity contribution < 1.29 is 9.53 Å². The Balaban J connectivity index is 1.21. The Bertz CT molecular complexity index is 1110. The van der Waals surface area contributed by atoms with Crippen molar-refractivity contribution in [2.75, 3.05) is 37.7 Å². The maximum atomic E-state index is 12.4. The normalized spacial score (nSPS) is 16.6. The zero-order chi connectivity index (χ0) is 23.2. The second-order valence-corrected chi connectivity index (χ2v) is 10.6. The summed E-state index contributed by atoms with van der Waals surface area (Å²) in [6.07, 6.45) is -0.0613. The van der Waals surface area contributed by atoms with Crippen molar-refractivity contribution in [3.8, 4) is 11.3 Å². The first-order chi connectivity index (χ1) is 16.0. The van der Waals surface area contributed by atoms with Crippen LogP contribution in [0.2, 0.25) is 10.0 Å². The monoisotopic (exact) mass is 522 g/mol. The van der Waals surface area contributed by atoms with Gasteiger partial charge in [0.05, 0.1) is 24.2 Å². The van der Waals surface area contributed by atoms with Crippen molar-refractivity contribution in [1.82, 2.24) is 15.2 Å². The quantitative estimate of drug-likeness (QED) is 0.326. The summed E-state index contributed by atoms with van der Waals surface area (Å²) in [5, 5.41) is 6.25. The van der Waals surface area contributed by atoms with Crippen LogP contribution in [0.1, 0.15) is 5.56 Å². The van der Waals surface area contributed by atoms with E-state index in [9.17, 15) is 4.79 Å². The number of nitrogens with two attached hydrogens (primary N) is 1. The molecule has 10 heteroatoms. The number of aromatic nitrogens is 1. The second-order valence-electron chi connectivity index (χ2n) is 7.68. The lowest BCUT2D eigenvalue weighted by molar-refractivity contribution is -0.119. The Morgan fingerprint density at radius 3 is 3.00 bits per heavy atom. The van der Waals surface area contributed by atoms with Crippen LogP contribution < -0.4 is 11.1 Å². The van der Waals surface area contributed by atoms with E-state index in [-0.39, 0.29) is 12.0 Å². The molecule has 0 radical (unpaired) electrons. The van der Waals surface area contributed by atoms with Gasteiger partial charge >= 0.3 is 0 Å². The minimum atomic E-state index is -0.0613. The van der Waals surface area contributed by atoms with E-state index in [0.717, 1.165) is 40.8 Å². The van der Waals surface area contributed by atoms with Crippen LogP contribution in [0.5, 0.6) is 0 Å². The van der Waals surface area contributed by atoms with Gasteiger partial charge in [0.15, 0.2) is 4.34 Å². The summed E-state index contributed by atoms with van der Waals surface area (Å²) in [5.41, 5.74) is 9.42. The van der Waals surface area contributed by atoms with Gasteiger partial charge in [-0.2, -0.15) is 0 Å². The van der Waals surface area contributed by atoms with Crippen molar-refractivity contribution in [3.05, 3.63) is 63.5 Å². The van der Waals surface area contributed by atoms with Crippen molar-refractivity contribution in [2.45, 2.75) is 17.0 Å². The van der Waals surface area contributed by atoms with Crippen LogP contribution >= 0.6 is 46.3 Å². The van der Waals surface area contributed by atoms with E-state index < -0.39 is 0 Å². The number of carbonyl (C=O) groups is 1. The molecule has 4 rings (SSSR count). The molecule has 1 amide bonds. The van der Waals surface area contributed by atoms with Gasteiger partial charge in [0, 0.05) is 52.9 Å².